The first-order valence-corrected chi connectivity index (χ1v) is 10.3. The second kappa shape index (κ2) is 8.62. The second-order valence-electron chi connectivity index (χ2n) is 6.53. The Hall–Kier alpha value is -1.40. The molecule has 0 atom stereocenters. The van der Waals surface area contributed by atoms with Crippen LogP contribution in [0.5, 0.6) is 0 Å². The molecule has 1 aromatic carbocycles. The molecule has 0 radical (unpaired) electrons. The van der Waals surface area contributed by atoms with Gasteiger partial charge in [-0.3, -0.25) is 4.79 Å². The Morgan fingerprint density at radius 3 is 2.54 bits per heavy atom. The van der Waals surface area contributed by atoms with E-state index in [4.69, 9.17) is 0 Å². The van der Waals surface area contributed by atoms with E-state index in [1.54, 1.807) is 4.31 Å². The highest BCUT2D eigenvalue weighted by Crippen LogP contribution is 2.19. The fourth-order valence-electron chi connectivity index (χ4n) is 2.94. The number of aryl methyl sites for hydroxylation is 1. The molecule has 1 heterocycles. The Kier molecular flexibility index (Phi) is 6.80. The third-order valence-electron chi connectivity index (χ3n) is 4.64. The molecular formula is C18H28N2O3S. The van der Waals surface area contributed by atoms with Gasteiger partial charge in [0.25, 0.3) is 0 Å². The predicted molar refractivity (Wildman–Crippen MR) is 97.6 cm³/mol. The molecule has 1 N–H and O–H groups in total. The SMILES string of the molecule is Cc1cccc(NC(=O)CCCCS(=O)(=O)N2CCCCC2)c1C. The molecule has 1 amide bonds. The van der Waals surface area contributed by atoms with Crippen molar-refractivity contribution in [3.8, 4) is 0 Å². The molecule has 1 aliphatic rings. The minimum absolute atomic E-state index is 0.0564. The van der Waals surface area contributed by atoms with Gasteiger partial charge < -0.3 is 5.32 Å². The number of nitrogens with one attached hydrogen (secondary N) is 1. The van der Waals surface area contributed by atoms with E-state index in [1.165, 1.54) is 0 Å². The van der Waals surface area contributed by atoms with Crippen LogP contribution in [0.4, 0.5) is 5.69 Å². The molecule has 6 heteroatoms. The van der Waals surface area contributed by atoms with Gasteiger partial charge in [0.05, 0.1) is 5.75 Å². The van der Waals surface area contributed by atoms with Gasteiger partial charge in [0.15, 0.2) is 0 Å². The number of hydrogen-bond acceptors (Lipinski definition) is 3. The van der Waals surface area contributed by atoms with Gasteiger partial charge >= 0.3 is 0 Å². The highest BCUT2D eigenvalue weighted by molar-refractivity contribution is 7.89. The first-order valence-electron chi connectivity index (χ1n) is 8.74. The number of nitrogens with zero attached hydrogens (tertiary/aromatic N) is 1. The largest absolute Gasteiger partial charge is 0.326 e. The van der Waals surface area contributed by atoms with E-state index in [9.17, 15) is 13.2 Å². The van der Waals surface area contributed by atoms with Gasteiger partial charge in [-0.05, 0) is 56.7 Å². The van der Waals surface area contributed by atoms with Crippen molar-refractivity contribution in [3.63, 3.8) is 0 Å². The summed E-state index contributed by atoms with van der Waals surface area (Å²) in [6.07, 6.45) is 4.49. The van der Waals surface area contributed by atoms with Crippen LogP contribution in [0, 0.1) is 13.8 Å². The minimum Gasteiger partial charge on any atom is -0.326 e. The summed E-state index contributed by atoms with van der Waals surface area (Å²) in [4.78, 5) is 12.0. The molecule has 134 valence electrons. The van der Waals surface area contributed by atoms with E-state index in [0.717, 1.165) is 36.1 Å². The van der Waals surface area contributed by atoms with E-state index < -0.39 is 10.0 Å². The summed E-state index contributed by atoms with van der Waals surface area (Å²) in [6, 6.07) is 5.82. The Bertz CT molecular complexity index is 665. The van der Waals surface area contributed by atoms with Crippen molar-refractivity contribution in [2.24, 2.45) is 0 Å². The fourth-order valence-corrected chi connectivity index (χ4v) is 4.58. The minimum atomic E-state index is -3.15. The van der Waals surface area contributed by atoms with Crippen molar-refractivity contribution in [1.82, 2.24) is 4.31 Å². The topological polar surface area (TPSA) is 66.5 Å². The molecule has 24 heavy (non-hydrogen) atoms. The molecular weight excluding hydrogens is 324 g/mol. The maximum absolute atomic E-state index is 12.2. The molecule has 0 aliphatic carbocycles. The molecule has 2 rings (SSSR count). The van der Waals surface area contributed by atoms with Crippen molar-refractivity contribution in [2.45, 2.75) is 52.4 Å². The van der Waals surface area contributed by atoms with Crippen molar-refractivity contribution < 1.29 is 13.2 Å². The fraction of sp³-hybridized carbons (Fsp3) is 0.611. The number of anilines is 1. The summed E-state index contributed by atoms with van der Waals surface area (Å²) >= 11 is 0. The monoisotopic (exact) mass is 352 g/mol. The average molecular weight is 353 g/mol. The summed E-state index contributed by atoms with van der Waals surface area (Å²) in [5, 5.41) is 2.91. The normalized spacial score (nSPS) is 16.1. The van der Waals surface area contributed by atoms with E-state index in [1.807, 2.05) is 32.0 Å². The zero-order chi connectivity index (χ0) is 17.6. The number of piperidine rings is 1. The number of benzene rings is 1. The summed E-state index contributed by atoms with van der Waals surface area (Å²) in [5.74, 6) is 0.0862. The summed E-state index contributed by atoms with van der Waals surface area (Å²) < 4.78 is 26.1. The van der Waals surface area contributed by atoms with Gasteiger partial charge in [-0.25, -0.2) is 12.7 Å². The van der Waals surface area contributed by atoms with E-state index in [0.29, 0.717) is 32.4 Å². The van der Waals surface area contributed by atoms with Gasteiger partial charge in [-0.2, -0.15) is 0 Å². The Morgan fingerprint density at radius 2 is 1.83 bits per heavy atom. The lowest BCUT2D eigenvalue weighted by atomic mass is 10.1. The zero-order valence-corrected chi connectivity index (χ0v) is 15.5. The smallest absolute Gasteiger partial charge is 0.224 e. The van der Waals surface area contributed by atoms with E-state index >= 15 is 0 Å². The number of unbranched alkanes of at least 4 members (excludes halogenated alkanes) is 1. The van der Waals surface area contributed by atoms with Gasteiger partial charge in [-0.1, -0.05) is 18.6 Å². The lowest BCUT2D eigenvalue weighted by molar-refractivity contribution is -0.116. The number of rotatable bonds is 7. The lowest BCUT2D eigenvalue weighted by Crippen LogP contribution is -2.37. The Morgan fingerprint density at radius 1 is 1.12 bits per heavy atom. The van der Waals surface area contributed by atoms with Crippen molar-refractivity contribution in [2.75, 3.05) is 24.2 Å². The molecule has 1 saturated heterocycles. The first kappa shape index (κ1) is 18.9. The highest BCUT2D eigenvalue weighted by Gasteiger charge is 2.23. The van der Waals surface area contributed by atoms with E-state index in [-0.39, 0.29) is 11.7 Å². The van der Waals surface area contributed by atoms with Crippen molar-refractivity contribution >= 4 is 21.6 Å². The molecule has 5 nitrogen and oxygen atoms in total. The first-order chi connectivity index (χ1) is 11.4. The number of carbonyl (C=O) groups excluding carboxylic acids is 1. The predicted octanol–water partition coefficient (Wildman–Crippen LogP) is 3.23. The standard InChI is InChI=1S/C18H28N2O3S/c1-15-9-8-10-17(16(15)2)19-18(21)11-4-7-14-24(22,23)20-12-5-3-6-13-20/h8-10H,3-7,11-14H2,1-2H3,(H,19,21). The molecule has 1 aliphatic heterocycles. The van der Waals surface area contributed by atoms with Gasteiger partial charge in [0, 0.05) is 25.2 Å². The molecule has 1 fully saturated rings. The third kappa shape index (κ3) is 5.31. The van der Waals surface area contributed by atoms with Crippen LogP contribution < -0.4 is 5.32 Å². The van der Waals surface area contributed by atoms with Crippen LogP contribution in [0.2, 0.25) is 0 Å². The number of sulfonamides is 1. The Balaban J connectivity index is 1.73. The lowest BCUT2D eigenvalue weighted by Gasteiger charge is -2.25. The van der Waals surface area contributed by atoms with Crippen LogP contribution in [0.1, 0.15) is 49.7 Å². The van der Waals surface area contributed by atoms with Crippen molar-refractivity contribution in [1.29, 1.82) is 0 Å². The summed E-state index contributed by atoms with van der Waals surface area (Å²) in [7, 11) is -3.15. The van der Waals surface area contributed by atoms with E-state index in [2.05, 4.69) is 5.32 Å². The van der Waals surface area contributed by atoms with Crippen LogP contribution in [0.15, 0.2) is 18.2 Å². The summed E-state index contributed by atoms with van der Waals surface area (Å²) in [5.41, 5.74) is 3.04. The molecule has 1 aromatic rings. The Labute approximate surface area is 145 Å². The zero-order valence-electron chi connectivity index (χ0n) is 14.7. The number of hydrogen-bond donors (Lipinski definition) is 1. The van der Waals surface area contributed by atoms with Crippen LogP contribution in [-0.2, 0) is 14.8 Å². The summed E-state index contributed by atoms with van der Waals surface area (Å²) in [6.45, 7) is 5.29. The van der Waals surface area contributed by atoms with Gasteiger partial charge in [0.1, 0.15) is 0 Å². The third-order valence-corrected chi connectivity index (χ3v) is 6.60. The highest BCUT2D eigenvalue weighted by atomic mass is 32.2. The van der Waals surface area contributed by atoms with Crippen LogP contribution in [-0.4, -0.2) is 37.5 Å². The van der Waals surface area contributed by atoms with Crippen molar-refractivity contribution in [3.05, 3.63) is 29.3 Å². The molecule has 0 aromatic heterocycles. The molecule has 0 unspecified atom stereocenters. The molecule has 0 saturated carbocycles. The van der Waals surface area contributed by atoms with Gasteiger partial charge in [0.2, 0.25) is 15.9 Å². The number of carbonyl (C=O) groups is 1. The molecule has 0 bridgehead atoms. The van der Waals surface area contributed by atoms with Crippen LogP contribution >= 0.6 is 0 Å². The van der Waals surface area contributed by atoms with Crippen LogP contribution in [0.25, 0.3) is 0 Å². The molecule has 0 spiro atoms. The quantitative estimate of drug-likeness (QED) is 0.766. The van der Waals surface area contributed by atoms with Gasteiger partial charge in [-0.15, -0.1) is 0 Å². The number of amides is 1. The average Bonchev–Trinajstić information content (AvgIpc) is 2.57. The van der Waals surface area contributed by atoms with Crippen LogP contribution in [0.3, 0.4) is 0 Å². The maximum atomic E-state index is 12.2. The second-order valence-corrected chi connectivity index (χ2v) is 8.62. The maximum Gasteiger partial charge on any atom is 0.224 e.